The second kappa shape index (κ2) is 5.39. The van der Waals surface area contributed by atoms with E-state index in [4.69, 9.17) is 5.21 Å². The van der Waals surface area contributed by atoms with E-state index in [-0.39, 0.29) is 5.71 Å². The van der Waals surface area contributed by atoms with Gasteiger partial charge in [-0.1, -0.05) is 5.16 Å². The molecule has 0 aliphatic heterocycles. The highest BCUT2D eigenvalue weighted by atomic mass is 19.1. The molecule has 0 bridgehead atoms. The van der Waals surface area contributed by atoms with Crippen LogP contribution in [0.1, 0.15) is 21.6 Å². The summed E-state index contributed by atoms with van der Waals surface area (Å²) in [5, 5.41) is 12.0. The second-order valence-electron chi connectivity index (χ2n) is 3.97. The zero-order valence-corrected chi connectivity index (χ0v) is 10.2. The predicted octanol–water partition coefficient (Wildman–Crippen LogP) is 2.59. The van der Waals surface area contributed by atoms with E-state index in [1.54, 1.807) is 13.0 Å². The quantitative estimate of drug-likeness (QED) is 0.398. The molecule has 0 amide bonds. The maximum Gasteiger partial charge on any atom is 0.215 e. The Morgan fingerprint density at radius 1 is 1.21 bits per heavy atom. The predicted molar refractivity (Wildman–Crippen MR) is 68.0 cm³/mol. The van der Waals surface area contributed by atoms with Gasteiger partial charge in [0.1, 0.15) is 5.82 Å². The maximum absolute atomic E-state index is 12.8. The minimum atomic E-state index is -0.445. The minimum Gasteiger partial charge on any atom is -0.410 e. The first-order valence-electron chi connectivity index (χ1n) is 5.57. The van der Waals surface area contributed by atoms with E-state index in [0.29, 0.717) is 16.8 Å². The highest BCUT2D eigenvalue weighted by Gasteiger charge is 2.17. The van der Waals surface area contributed by atoms with Crippen LogP contribution in [-0.2, 0) is 0 Å². The number of oxime groups is 1. The van der Waals surface area contributed by atoms with Crippen LogP contribution in [0.2, 0.25) is 0 Å². The van der Waals surface area contributed by atoms with Crippen LogP contribution < -0.4 is 0 Å². The summed E-state index contributed by atoms with van der Waals surface area (Å²) < 4.78 is 12.8. The van der Waals surface area contributed by atoms with Crippen LogP contribution in [0.4, 0.5) is 4.39 Å². The topological polar surface area (TPSA) is 62.5 Å². The molecule has 1 N–H and O–H groups in total. The van der Waals surface area contributed by atoms with Crippen molar-refractivity contribution in [3.8, 4) is 0 Å². The number of rotatable bonds is 3. The minimum absolute atomic E-state index is 0.134. The van der Waals surface area contributed by atoms with E-state index < -0.39 is 11.6 Å². The van der Waals surface area contributed by atoms with Crippen molar-refractivity contribution >= 4 is 11.5 Å². The number of ketones is 1. The van der Waals surface area contributed by atoms with Crippen LogP contribution in [0.5, 0.6) is 0 Å². The summed E-state index contributed by atoms with van der Waals surface area (Å²) in [4.78, 5) is 16.2. The molecule has 2 rings (SSSR count). The molecule has 19 heavy (non-hydrogen) atoms. The Balaban J connectivity index is 2.38. The smallest absolute Gasteiger partial charge is 0.215 e. The second-order valence-corrected chi connectivity index (χ2v) is 3.97. The number of nitrogens with zero attached hydrogens (tertiary/aromatic N) is 2. The molecular weight excluding hydrogens is 247 g/mol. The van der Waals surface area contributed by atoms with Gasteiger partial charge in [0.05, 0.1) is 0 Å². The summed E-state index contributed by atoms with van der Waals surface area (Å²) in [6.07, 6.45) is 1.50. The number of hydrogen-bond donors (Lipinski definition) is 1. The van der Waals surface area contributed by atoms with Crippen molar-refractivity contribution in [2.75, 3.05) is 0 Å². The molecule has 4 nitrogen and oxygen atoms in total. The van der Waals surface area contributed by atoms with Crippen LogP contribution in [0.15, 0.2) is 47.8 Å². The normalized spacial score (nSPS) is 11.4. The van der Waals surface area contributed by atoms with Crippen molar-refractivity contribution in [3.63, 3.8) is 0 Å². The summed E-state index contributed by atoms with van der Waals surface area (Å²) >= 11 is 0. The Morgan fingerprint density at radius 3 is 2.47 bits per heavy atom. The summed E-state index contributed by atoms with van der Waals surface area (Å²) in [6, 6.07) is 8.30. The van der Waals surface area contributed by atoms with E-state index in [1.807, 2.05) is 0 Å². The molecule has 0 spiro atoms. The van der Waals surface area contributed by atoms with Crippen LogP contribution >= 0.6 is 0 Å². The van der Waals surface area contributed by atoms with Gasteiger partial charge in [-0.05, 0) is 43.3 Å². The average molecular weight is 258 g/mol. The summed E-state index contributed by atoms with van der Waals surface area (Å²) in [5.41, 5.74) is 1.26. The lowest BCUT2D eigenvalue weighted by Crippen LogP contribution is -2.16. The Labute approximate surface area is 109 Å². The summed E-state index contributed by atoms with van der Waals surface area (Å²) in [7, 11) is 0. The molecule has 96 valence electrons. The standard InChI is InChI=1S/C14H11FN2O2/c1-9-8-11(6-7-16-9)14(18)13(17-19)10-2-4-12(15)5-3-10/h2-8,19H,1H3. The molecule has 1 aromatic carbocycles. The molecule has 0 radical (unpaired) electrons. The molecule has 1 heterocycles. The van der Waals surface area contributed by atoms with Gasteiger partial charge >= 0.3 is 0 Å². The number of carbonyl (C=O) groups is 1. The van der Waals surface area contributed by atoms with Gasteiger partial charge in [0.15, 0.2) is 5.71 Å². The Bertz CT molecular complexity index is 636. The lowest BCUT2D eigenvalue weighted by molar-refractivity contribution is 0.106. The maximum atomic E-state index is 12.8. The van der Waals surface area contributed by atoms with Crippen molar-refractivity contribution in [2.45, 2.75) is 6.92 Å². The van der Waals surface area contributed by atoms with Crippen molar-refractivity contribution in [1.29, 1.82) is 0 Å². The van der Waals surface area contributed by atoms with Crippen LogP contribution in [0.25, 0.3) is 0 Å². The molecular formula is C14H11FN2O2. The van der Waals surface area contributed by atoms with Crippen molar-refractivity contribution in [2.24, 2.45) is 5.16 Å². The summed E-state index contributed by atoms with van der Waals surface area (Å²) in [6.45, 7) is 1.75. The fourth-order valence-electron chi connectivity index (χ4n) is 1.67. The lowest BCUT2D eigenvalue weighted by Gasteiger charge is -2.04. The van der Waals surface area contributed by atoms with Gasteiger partial charge in [0.2, 0.25) is 5.78 Å². The third kappa shape index (κ3) is 2.82. The van der Waals surface area contributed by atoms with E-state index in [1.165, 1.54) is 36.5 Å². The van der Waals surface area contributed by atoms with Gasteiger partial charge in [0, 0.05) is 23.0 Å². The van der Waals surface area contributed by atoms with Gasteiger partial charge in [-0.15, -0.1) is 0 Å². The molecule has 0 saturated heterocycles. The van der Waals surface area contributed by atoms with Gasteiger partial charge in [-0.2, -0.15) is 0 Å². The van der Waals surface area contributed by atoms with Gasteiger partial charge in [0.25, 0.3) is 0 Å². The highest BCUT2D eigenvalue weighted by Crippen LogP contribution is 2.10. The van der Waals surface area contributed by atoms with E-state index >= 15 is 0 Å². The summed E-state index contributed by atoms with van der Waals surface area (Å²) in [5.74, 6) is -0.868. The third-order valence-corrected chi connectivity index (χ3v) is 2.59. The third-order valence-electron chi connectivity index (χ3n) is 2.59. The Kier molecular flexibility index (Phi) is 3.66. The molecule has 0 unspecified atom stereocenters. The SMILES string of the molecule is Cc1cc(C(=O)C(=NO)c2ccc(F)cc2)ccn1. The molecule has 0 aliphatic carbocycles. The van der Waals surface area contributed by atoms with Crippen molar-refractivity contribution < 1.29 is 14.4 Å². The van der Waals surface area contributed by atoms with Crippen LogP contribution in [-0.4, -0.2) is 21.7 Å². The number of Topliss-reactive ketones (excluding diaryl/α,β-unsaturated/α-hetero) is 1. The van der Waals surface area contributed by atoms with Gasteiger partial charge in [-0.25, -0.2) is 4.39 Å². The Hall–Kier alpha value is -2.56. The van der Waals surface area contributed by atoms with Crippen molar-refractivity contribution in [1.82, 2.24) is 4.98 Å². The zero-order valence-electron chi connectivity index (χ0n) is 10.2. The first-order valence-corrected chi connectivity index (χ1v) is 5.57. The molecule has 5 heteroatoms. The number of aromatic nitrogens is 1. The highest BCUT2D eigenvalue weighted by molar-refractivity contribution is 6.51. The monoisotopic (exact) mass is 258 g/mol. The number of pyridine rings is 1. The fourth-order valence-corrected chi connectivity index (χ4v) is 1.67. The van der Waals surface area contributed by atoms with Crippen LogP contribution in [0.3, 0.4) is 0 Å². The van der Waals surface area contributed by atoms with E-state index in [0.717, 1.165) is 0 Å². The van der Waals surface area contributed by atoms with Gasteiger partial charge < -0.3 is 5.21 Å². The van der Waals surface area contributed by atoms with E-state index in [9.17, 15) is 9.18 Å². The number of carbonyl (C=O) groups excluding carboxylic acids is 1. The zero-order chi connectivity index (χ0) is 13.8. The van der Waals surface area contributed by atoms with E-state index in [2.05, 4.69) is 10.1 Å². The molecule has 0 aliphatic rings. The average Bonchev–Trinajstić information content (AvgIpc) is 2.41. The molecule has 0 saturated carbocycles. The molecule has 1 aromatic heterocycles. The number of aryl methyl sites for hydroxylation is 1. The first-order chi connectivity index (χ1) is 9.11. The Morgan fingerprint density at radius 2 is 1.89 bits per heavy atom. The number of benzene rings is 1. The largest absolute Gasteiger partial charge is 0.410 e. The molecule has 0 fully saturated rings. The molecule has 2 aromatic rings. The number of halogens is 1. The fraction of sp³-hybridized carbons (Fsp3) is 0.0714. The van der Waals surface area contributed by atoms with Crippen molar-refractivity contribution in [3.05, 3.63) is 65.2 Å². The molecule has 0 atom stereocenters. The lowest BCUT2D eigenvalue weighted by atomic mass is 10.0. The number of hydrogen-bond acceptors (Lipinski definition) is 4. The first kappa shape index (κ1) is 12.9. The van der Waals surface area contributed by atoms with Crippen LogP contribution in [0, 0.1) is 12.7 Å². The van der Waals surface area contributed by atoms with Gasteiger partial charge in [-0.3, -0.25) is 9.78 Å².